The van der Waals surface area contributed by atoms with Crippen molar-refractivity contribution in [1.82, 2.24) is 4.90 Å². The quantitative estimate of drug-likeness (QED) is 0.891. The molecule has 1 saturated heterocycles. The van der Waals surface area contributed by atoms with Crippen LogP contribution >= 0.6 is 0 Å². The number of hydrogen-bond acceptors (Lipinski definition) is 4. The summed E-state index contributed by atoms with van der Waals surface area (Å²) in [5.74, 6) is -0.536. The summed E-state index contributed by atoms with van der Waals surface area (Å²) in [5.41, 5.74) is 1.25. The van der Waals surface area contributed by atoms with Gasteiger partial charge in [0, 0.05) is 6.54 Å². The van der Waals surface area contributed by atoms with Gasteiger partial charge in [0.25, 0.3) is 5.91 Å². The molecule has 1 amide bonds. The van der Waals surface area contributed by atoms with Gasteiger partial charge in [0.15, 0.2) is 6.61 Å². The Kier molecular flexibility index (Phi) is 5.83. The monoisotopic (exact) mass is 335 g/mol. The molecule has 0 bridgehead atoms. The van der Waals surface area contributed by atoms with E-state index in [1.807, 2.05) is 24.3 Å². The Labute approximate surface area is 142 Å². The van der Waals surface area contributed by atoms with Crippen molar-refractivity contribution in [2.75, 3.05) is 26.4 Å². The zero-order valence-electron chi connectivity index (χ0n) is 14.4. The summed E-state index contributed by atoms with van der Waals surface area (Å²) in [7, 11) is 0. The third kappa shape index (κ3) is 4.96. The molecule has 1 heterocycles. The second kappa shape index (κ2) is 7.66. The van der Waals surface area contributed by atoms with Crippen molar-refractivity contribution < 1.29 is 24.2 Å². The third-order valence-electron chi connectivity index (χ3n) is 4.04. The second-order valence-corrected chi connectivity index (χ2v) is 6.98. The van der Waals surface area contributed by atoms with Crippen LogP contribution in [0.3, 0.4) is 0 Å². The number of carboxylic acids is 1. The Morgan fingerprint density at radius 3 is 2.54 bits per heavy atom. The summed E-state index contributed by atoms with van der Waals surface area (Å²) in [5, 5.41) is 8.94. The Bertz CT molecular complexity index is 576. The minimum absolute atomic E-state index is 0.0617. The molecule has 0 radical (unpaired) electrons. The Morgan fingerprint density at radius 1 is 1.29 bits per heavy atom. The number of rotatable bonds is 5. The van der Waals surface area contributed by atoms with E-state index in [1.54, 1.807) is 4.90 Å². The van der Waals surface area contributed by atoms with Crippen molar-refractivity contribution in [3.63, 3.8) is 0 Å². The highest BCUT2D eigenvalue weighted by Gasteiger charge is 2.29. The van der Waals surface area contributed by atoms with Crippen LogP contribution in [0.4, 0.5) is 0 Å². The molecule has 132 valence electrons. The maximum atomic E-state index is 12.3. The molecule has 24 heavy (non-hydrogen) atoms. The van der Waals surface area contributed by atoms with Crippen LogP contribution in [0, 0.1) is 0 Å². The molecule has 1 unspecified atom stereocenters. The molecule has 1 aromatic carbocycles. The van der Waals surface area contributed by atoms with Gasteiger partial charge in [-0.1, -0.05) is 32.9 Å². The molecular weight excluding hydrogens is 310 g/mol. The average Bonchev–Trinajstić information content (AvgIpc) is 2.52. The number of morpholine rings is 1. The molecule has 0 aromatic heterocycles. The van der Waals surface area contributed by atoms with Gasteiger partial charge in [-0.2, -0.15) is 0 Å². The first-order valence-corrected chi connectivity index (χ1v) is 8.10. The van der Waals surface area contributed by atoms with Crippen LogP contribution in [0.25, 0.3) is 0 Å². The molecule has 0 aliphatic carbocycles. The molecule has 1 aliphatic rings. The van der Waals surface area contributed by atoms with Gasteiger partial charge in [0.1, 0.15) is 5.75 Å². The number of nitrogens with zero attached hydrogens (tertiary/aromatic N) is 1. The summed E-state index contributed by atoms with van der Waals surface area (Å²) in [6.45, 7) is 7.35. The fourth-order valence-corrected chi connectivity index (χ4v) is 2.63. The summed E-state index contributed by atoms with van der Waals surface area (Å²) < 4.78 is 10.8. The number of ether oxygens (including phenoxy) is 2. The molecule has 1 atom stereocenters. The minimum atomic E-state index is -0.943. The highest BCUT2D eigenvalue weighted by atomic mass is 16.5. The van der Waals surface area contributed by atoms with Crippen molar-refractivity contribution in [2.45, 2.75) is 38.6 Å². The number of aliphatic carboxylic acids is 1. The number of carbonyl (C=O) groups excluding carboxylic acids is 1. The minimum Gasteiger partial charge on any atom is -0.484 e. The zero-order chi connectivity index (χ0) is 17.7. The summed E-state index contributed by atoms with van der Waals surface area (Å²) in [4.78, 5) is 24.8. The van der Waals surface area contributed by atoms with Crippen LogP contribution in [0.15, 0.2) is 24.3 Å². The SMILES string of the molecule is CC(C)(C)c1ccc(OCC(=O)N2CCOCC2CC(=O)O)cc1. The lowest BCUT2D eigenvalue weighted by Crippen LogP contribution is -2.51. The van der Waals surface area contributed by atoms with Crippen molar-refractivity contribution in [2.24, 2.45) is 0 Å². The van der Waals surface area contributed by atoms with Crippen molar-refractivity contribution in [3.05, 3.63) is 29.8 Å². The molecular formula is C18H25NO5. The number of amides is 1. The lowest BCUT2D eigenvalue weighted by molar-refractivity contribution is -0.147. The number of carbonyl (C=O) groups is 2. The highest BCUT2D eigenvalue weighted by molar-refractivity contribution is 5.79. The van der Waals surface area contributed by atoms with Crippen LogP contribution in [0.2, 0.25) is 0 Å². The molecule has 0 saturated carbocycles. The van der Waals surface area contributed by atoms with Gasteiger partial charge < -0.3 is 19.5 Å². The van der Waals surface area contributed by atoms with E-state index in [9.17, 15) is 9.59 Å². The van der Waals surface area contributed by atoms with E-state index in [0.717, 1.165) is 0 Å². The van der Waals surface area contributed by atoms with Crippen LogP contribution < -0.4 is 4.74 Å². The van der Waals surface area contributed by atoms with Crippen LogP contribution in [-0.4, -0.2) is 54.3 Å². The first-order chi connectivity index (χ1) is 11.3. The van der Waals surface area contributed by atoms with E-state index in [0.29, 0.717) is 18.9 Å². The van der Waals surface area contributed by atoms with Gasteiger partial charge in [-0.3, -0.25) is 9.59 Å². The van der Waals surface area contributed by atoms with Crippen LogP contribution in [-0.2, 0) is 19.7 Å². The second-order valence-electron chi connectivity index (χ2n) is 6.98. The van der Waals surface area contributed by atoms with E-state index in [1.165, 1.54) is 5.56 Å². The molecule has 1 N–H and O–H groups in total. The zero-order valence-corrected chi connectivity index (χ0v) is 14.4. The van der Waals surface area contributed by atoms with Crippen LogP contribution in [0.5, 0.6) is 5.75 Å². The predicted octanol–water partition coefficient (Wildman–Crippen LogP) is 2.06. The van der Waals surface area contributed by atoms with E-state index in [-0.39, 0.29) is 31.0 Å². The molecule has 2 rings (SSSR count). The lowest BCUT2D eigenvalue weighted by Gasteiger charge is -2.34. The third-order valence-corrected chi connectivity index (χ3v) is 4.04. The Hall–Kier alpha value is -2.08. The smallest absolute Gasteiger partial charge is 0.305 e. The normalized spacial score (nSPS) is 18.3. The Balaban J connectivity index is 1.92. The molecule has 6 heteroatoms. The predicted molar refractivity (Wildman–Crippen MR) is 89.2 cm³/mol. The van der Waals surface area contributed by atoms with Crippen molar-refractivity contribution >= 4 is 11.9 Å². The van der Waals surface area contributed by atoms with E-state index < -0.39 is 12.0 Å². The summed E-state index contributed by atoms with van der Waals surface area (Å²) >= 11 is 0. The number of carboxylic acid groups (broad SMARTS) is 1. The molecule has 0 spiro atoms. The first-order valence-electron chi connectivity index (χ1n) is 8.10. The first kappa shape index (κ1) is 18.3. The highest BCUT2D eigenvalue weighted by Crippen LogP contribution is 2.24. The van der Waals surface area contributed by atoms with E-state index in [4.69, 9.17) is 14.6 Å². The molecule has 1 fully saturated rings. The maximum absolute atomic E-state index is 12.3. The molecule has 6 nitrogen and oxygen atoms in total. The van der Waals surface area contributed by atoms with Crippen LogP contribution in [0.1, 0.15) is 32.8 Å². The largest absolute Gasteiger partial charge is 0.484 e. The van der Waals surface area contributed by atoms with Crippen molar-refractivity contribution in [3.8, 4) is 5.75 Å². The molecule has 1 aliphatic heterocycles. The average molecular weight is 335 g/mol. The van der Waals surface area contributed by atoms with Gasteiger partial charge in [-0.05, 0) is 23.1 Å². The summed E-state index contributed by atoms with van der Waals surface area (Å²) in [6.07, 6.45) is -0.119. The topological polar surface area (TPSA) is 76.1 Å². The van der Waals surface area contributed by atoms with Gasteiger partial charge in [0.2, 0.25) is 0 Å². The van der Waals surface area contributed by atoms with Gasteiger partial charge in [-0.15, -0.1) is 0 Å². The number of hydrogen-bond donors (Lipinski definition) is 1. The van der Waals surface area contributed by atoms with Crippen molar-refractivity contribution in [1.29, 1.82) is 0 Å². The Morgan fingerprint density at radius 2 is 1.96 bits per heavy atom. The lowest BCUT2D eigenvalue weighted by atomic mass is 9.87. The van der Waals surface area contributed by atoms with Gasteiger partial charge >= 0.3 is 5.97 Å². The standard InChI is InChI=1S/C18H25NO5/c1-18(2,3)13-4-6-15(7-5-13)24-12-16(20)19-8-9-23-11-14(19)10-17(21)22/h4-7,14H,8-12H2,1-3H3,(H,21,22). The van der Waals surface area contributed by atoms with Gasteiger partial charge in [-0.25, -0.2) is 0 Å². The fourth-order valence-electron chi connectivity index (χ4n) is 2.63. The molecule has 1 aromatic rings. The fraction of sp³-hybridized carbons (Fsp3) is 0.556. The van der Waals surface area contributed by atoms with E-state index >= 15 is 0 Å². The summed E-state index contributed by atoms with van der Waals surface area (Å²) in [6, 6.07) is 7.24. The van der Waals surface area contributed by atoms with E-state index in [2.05, 4.69) is 20.8 Å². The maximum Gasteiger partial charge on any atom is 0.305 e. The van der Waals surface area contributed by atoms with Gasteiger partial charge in [0.05, 0.1) is 25.7 Å². The number of benzene rings is 1.